The molecule has 0 fully saturated rings. The lowest BCUT2D eigenvalue weighted by molar-refractivity contribution is 0.396. The smallest absolute Gasteiger partial charge is 0.232 e. The van der Waals surface area contributed by atoms with Gasteiger partial charge in [-0.15, -0.1) is 11.3 Å². The zero-order valence-corrected chi connectivity index (χ0v) is 17.6. The fourth-order valence-electron chi connectivity index (χ4n) is 3.17. The molecule has 0 spiro atoms. The van der Waals surface area contributed by atoms with Crippen LogP contribution in [0.5, 0.6) is 5.88 Å². The summed E-state index contributed by atoms with van der Waals surface area (Å²) in [6, 6.07) is 4.42. The monoisotopic (exact) mass is 408 g/mol. The molecule has 2 N–H and O–H groups in total. The number of rotatable bonds is 5. The zero-order valence-electron chi connectivity index (χ0n) is 16.8. The molecular formula is C21H24N6OS. The van der Waals surface area contributed by atoms with Gasteiger partial charge in [0.2, 0.25) is 5.88 Å². The predicted molar refractivity (Wildman–Crippen MR) is 117 cm³/mol. The summed E-state index contributed by atoms with van der Waals surface area (Å²) >= 11 is 1.64. The van der Waals surface area contributed by atoms with Crippen LogP contribution in [0.1, 0.15) is 28.1 Å². The zero-order chi connectivity index (χ0) is 20.2. The van der Waals surface area contributed by atoms with E-state index in [1.807, 2.05) is 5.38 Å². The number of anilines is 1. The molecule has 2 aromatic heterocycles. The molecule has 0 amide bonds. The number of methoxy groups -OCH3 is 1. The van der Waals surface area contributed by atoms with Crippen molar-refractivity contribution >= 4 is 23.0 Å². The maximum Gasteiger partial charge on any atom is 0.232 e. The molecule has 29 heavy (non-hydrogen) atoms. The van der Waals surface area contributed by atoms with E-state index in [2.05, 4.69) is 51.6 Å². The number of benzene rings is 1. The number of aromatic nitrogens is 3. The molecule has 0 bridgehead atoms. The molecule has 0 aliphatic carbocycles. The summed E-state index contributed by atoms with van der Waals surface area (Å²) in [4.78, 5) is 17.8. The second kappa shape index (κ2) is 8.57. The Kier molecular flexibility index (Phi) is 5.71. The minimum Gasteiger partial charge on any atom is -0.480 e. The number of nitrogens with one attached hydrogen (secondary N) is 2. The molecule has 1 aliphatic rings. The van der Waals surface area contributed by atoms with E-state index in [1.54, 1.807) is 30.8 Å². The van der Waals surface area contributed by atoms with Crippen LogP contribution in [0.3, 0.4) is 0 Å². The second-order valence-electron chi connectivity index (χ2n) is 6.98. The Morgan fingerprint density at radius 2 is 2.03 bits per heavy atom. The Morgan fingerprint density at radius 3 is 2.76 bits per heavy atom. The van der Waals surface area contributed by atoms with E-state index in [0.29, 0.717) is 5.88 Å². The largest absolute Gasteiger partial charge is 0.480 e. The van der Waals surface area contributed by atoms with Crippen molar-refractivity contribution in [2.24, 2.45) is 4.99 Å². The topological polar surface area (TPSA) is 84.3 Å². The number of nitrogens with zero attached hydrogens (tertiary/aromatic N) is 4. The van der Waals surface area contributed by atoms with Crippen LogP contribution in [0.4, 0.5) is 5.69 Å². The molecule has 0 saturated carbocycles. The third kappa shape index (κ3) is 4.54. The molecule has 0 unspecified atom stereocenters. The van der Waals surface area contributed by atoms with Gasteiger partial charge in [0.25, 0.3) is 0 Å². The van der Waals surface area contributed by atoms with Gasteiger partial charge in [0.15, 0.2) is 5.96 Å². The first-order valence-electron chi connectivity index (χ1n) is 9.58. The summed E-state index contributed by atoms with van der Waals surface area (Å²) in [5, 5.41) is 9.80. The van der Waals surface area contributed by atoms with Crippen molar-refractivity contribution in [3.63, 3.8) is 0 Å². The Balaban J connectivity index is 1.50. The predicted octanol–water partition coefficient (Wildman–Crippen LogP) is 3.58. The minimum absolute atomic E-state index is 0.499. The number of guanidine groups is 1. The summed E-state index contributed by atoms with van der Waals surface area (Å²) in [6.07, 6.45) is 5.18. The summed E-state index contributed by atoms with van der Waals surface area (Å²) in [7, 11) is 1.58. The average Bonchev–Trinajstić information content (AvgIpc) is 3.21. The third-order valence-corrected chi connectivity index (χ3v) is 5.68. The minimum atomic E-state index is 0.499. The van der Waals surface area contributed by atoms with Crippen LogP contribution in [-0.4, -0.2) is 41.1 Å². The van der Waals surface area contributed by atoms with Gasteiger partial charge < -0.3 is 15.4 Å². The standard InChI is InChI=1S/C21H24N6OS/c1-13-8-16(27-21-22-5-4-6-23-21)14(2)7-15(13)9-20-26-18(12-29-20)17-10-25-19(28-3)11-24-17/h7-8,10-12H,4-6,9H2,1-3H3,(H2,22,23,27). The van der Waals surface area contributed by atoms with Crippen molar-refractivity contribution in [2.45, 2.75) is 26.7 Å². The van der Waals surface area contributed by atoms with Gasteiger partial charge in [-0.3, -0.25) is 4.99 Å². The van der Waals surface area contributed by atoms with Crippen LogP contribution >= 0.6 is 11.3 Å². The third-order valence-electron chi connectivity index (χ3n) is 4.83. The maximum atomic E-state index is 5.06. The Labute approximate surface area is 174 Å². The first kappa shape index (κ1) is 19.3. The van der Waals surface area contributed by atoms with Crippen LogP contribution in [0.2, 0.25) is 0 Å². The van der Waals surface area contributed by atoms with Crippen molar-refractivity contribution < 1.29 is 4.74 Å². The average molecular weight is 409 g/mol. The van der Waals surface area contributed by atoms with E-state index < -0.39 is 0 Å². The quantitative estimate of drug-likeness (QED) is 0.671. The molecule has 0 saturated heterocycles. The highest BCUT2D eigenvalue weighted by atomic mass is 32.1. The lowest BCUT2D eigenvalue weighted by Gasteiger charge is -2.18. The Bertz CT molecular complexity index is 1030. The van der Waals surface area contributed by atoms with Crippen LogP contribution in [0.25, 0.3) is 11.4 Å². The number of aliphatic imine (C=N–C) groups is 1. The van der Waals surface area contributed by atoms with Crippen LogP contribution < -0.4 is 15.4 Å². The molecule has 3 aromatic rings. The number of hydrogen-bond donors (Lipinski definition) is 2. The number of ether oxygens (including phenoxy) is 1. The first-order valence-corrected chi connectivity index (χ1v) is 10.5. The fourth-order valence-corrected chi connectivity index (χ4v) is 3.98. The normalized spacial score (nSPS) is 13.6. The highest BCUT2D eigenvalue weighted by molar-refractivity contribution is 7.10. The van der Waals surface area contributed by atoms with Gasteiger partial charge in [0, 0.05) is 30.6 Å². The fraction of sp³-hybridized carbons (Fsp3) is 0.333. The van der Waals surface area contributed by atoms with Gasteiger partial charge in [0.1, 0.15) is 11.4 Å². The van der Waals surface area contributed by atoms with E-state index in [1.165, 1.54) is 16.7 Å². The number of aryl methyl sites for hydroxylation is 2. The van der Waals surface area contributed by atoms with Gasteiger partial charge in [-0.05, 0) is 43.0 Å². The van der Waals surface area contributed by atoms with Crippen LogP contribution in [-0.2, 0) is 6.42 Å². The summed E-state index contributed by atoms with van der Waals surface area (Å²) in [5.74, 6) is 1.36. The Morgan fingerprint density at radius 1 is 1.14 bits per heavy atom. The lowest BCUT2D eigenvalue weighted by atomic mass is 10.0. The summed E-state index contributed by atoms with van der Waals surface area (Å²) in [5.41, 5.74) is 6.38. The first-order chi connectivity index (χ1) is 14.1. The summed E-state index contributed by atoms with van der Waals surface area (Å²) in [6.45, 7) is 6.09. The van der Waals surface area contributed by atoms with E-state index in [-0.39, 0.29) is 0 Å². The van der Waals surface area contributed by atoms with Crippen molar-refractivity contribution in [1.29, 1.82) is 0 Å². The van der Waals surface area contributed by atoms with Crippen molar-refractivity contribution in [2.75, 3.05) is 25.5 Å². The van der Waals surface area contributed by atoms with E-state index >= 15 is 0 Å². The lowest BCUT2D eigenvalue weighted by Crippen LogP contribution is -2.35. The molecule has 1 aromatic carbocycles. The van der Waals surface area contributed by atoms with Crippen LogP contribution in [0.15, 0.2) is 34.9 Å². The molecule has 0 radical (unpaired) electrons. The van der Waals surface area contributed by atoms with Gasteiger partial charge in [-0.25, -0.2) is 15.0 Å². The van der Waals surface area contributed by atoms with E-state index in [0.717, 1.165) is 54.0 Å². The SMILES string of the molecule is COc1cnc(-c2csc(Cc3cc(C)c(NC4=NCCCN4)cc3C)n2)cn1. The molecule has 1 aliphatic heterocycles. The van der Waals surface area contributed by atoms with E-state index in [9.17, 15) is 0 Å². The van der Waals surface area contributed by atoms with Gasteiger partial charge >= 0.3 is 0 Å². The van der Waals surface area contributed by atoms with Crippen molar-refractivity contribution in [3.8, 4) is 17.3 Å². The van der Waals surface area contributed by atoms with E-state index in [4.69, 9.17) is 9.72 Å². The molecule has 3 heterocycles. The molecule has 150 valence electrons. The van der Waals surface area contributed by atoms with Crippen molar-refractivity contribution in [3.05, 3.63) is 51.6 Å². The Hall–Kier alpha value is -3.00. The number of hydrogen-bond acceptors (Lipinski definition) is 8. The molecule has 8 heteroatoms. The van der Waals surface area contributed by atoms with Gasteiger partial charge in [-0.1, -0.05) is 6.07 Å². The maximum absolute atomic E-state index is 5.06. The molecule has 0 atom stereocenters. The van der Waals surface area contributed by atoms with Gasteiger partial charge in [0.05, 0.1) is 24.5 Å². The highest BCUT2D eigenvalue weighted by Gasteiger charge is 2.12. The summed E-state index contributed by atoms with van der Waals surface area (Å²) < 4.78 is 5.06. The number of thiazole rings is 1. The molecular weight excluding hydrogens is 384 g/mol. The highest BCUT2D eigenvalue weighted by Crippen LogP contribution is 2.26. The molecule has 4 rings (SSSR count). The second-order valence-corrected chi connectivity index (χ2v) is 7.92. The van der Waals surface area contributed by atoms with Gasteiger partial charge in [-0.2, -0.15) is 0 Å². The van der Waals surface area contributed by atoms with Crippen molar-refractivity contribution in [1.82, 2.24) is 20.3 Å². The van der Waals surface area contributed by atoms with Crippen LogP contribution in [0, 0.1) is 13.8 Å². The molecule has 7 nitrogen and oxygen atoms in total.